The van der Waals surface area contributed by atoms with E-state index >= 15 is 0 Å². The normalized spacial score (nSPS) is 11.7. The monoisotopic (exact) mass is 888 g/mol. The summed E-state index contributed by atoms with van der Waals surface area (Å²) in [4.78, 5) is 2.45. The Morgan fingerprint density at radius 3 is 1.30 bits per heavy atom. The molecular weight excluding hydrogens is 845 g/mol. The molecule has 70 heavy (non-hydrogen) atoms. The highest BCUT2D eigenvalue weighted by molar-refractivity contribution is 6.31. The topological polar surface area (TPSA) is 7.65 Å². The molecule has 14 aromatic rings. The maximum Gasteiger partial charge on any atom is 0.0620 e. The second-order valence-electron chi connectivity index (χ2n) is 18.4. The molecule has 326 valence electrons. The lowest BCUT2D eigenvalue weighted by molar-refractivity contribution is 1.26. The Morgan fingerprint density at radius 1 is 0.243 bits per heavy atom. The Balaban J connectivity index is 0.985. The molecule has 0 saturated carbocycles. The molecule has 0 aliphatic rings. The van der Waals surface area contributed by atoms with Gasteiger partial charge in [0.2, 0.25) is 0 Å². The molecule has 0 amide bonds. The van der Waals surface area contributed by atoms with E-state index in [0.717, 1.165) is 22.6 Å². The molecular formula is C68H44N2. The lowest BCUT2D eigenvalue weighted by Crippen LogP contribution is -2.10. The fraction of sp³-hybridized carbons (Fsp3) is 0. The van der Waals surface area contributed by atoms with Gasteiger partial charge in [-0.15, -0.1) is 0 Å². The van der Waals surface area contributed by atoms with Gasteiger partial charge in [0.05, 0.1) is 11.0 Å². The summed E-state index contributed by atoms with van der Waals surface area (Å²) in [5.74, 6) is 0. The smallest absolute Gasteiger partial charge is 0.0620 e. The molecule has 0 saturated heterocycles. The SMILES string of the molecule is c1ccc(-c2cc(-c3ccccc3)cc(N(c3ccc(-c4ccc5c6ccccc6c6c(c(-c7ccccc7)c7ccccn76)c5c4)cc3)c3ccc4c5ccccc5c5ccccc5c4c3)c2)cc1. The summed E-state index contributed by atoms with van der Waals surface area (Å²) in [6, 6.07) is 95.9. The van der Waals surface area contributed by atoms with E-state index in [1.54, 1.807) is 0 Å². The molecule has 14 rings (SSSR count). The molecule has 0 spiro atoms. The second kappa shape index (κ2) is 16.2. The van der Waals surface area contributed by atoms with Gasteiger partial charge in [0.25, 0.3) is 0 Å². The number of hydrogen-bond acceptors (Lipinski definition) is 1. The molecule has 0 unspecified atom stereocenters. The van der Waals surface area contributed by atoms with Crippen LogP contribution in [0.4, 0.5) is 17.1 Å². The molecule has 0 bridgehead atoms. The van der Waals surface area contributed by atoms with Crippen LogP contribution in [0.2, 0.25) is 0 Å². The van der Waals surface area contributed by atoms with Crippen molar-refractivity contribution in [2.75, 3.05) is 4.90 Å². The third-order valence-electron chi connectivity index (χ3n) is 14.5. The lowest BCUT2D eigenvalue weighted by Gasteiger charge is -2.28. The maximum atomic E-state index is 2.45. The van der Waals surface area contributed by atoms with E-state index in [-0.39, 0.29) is 0 Å². The van der Waals surface area contributed by atoms with Crippen molar-refractivity contribution in [2.45, 2.75) is 0 Å². The van der Waals surface area contributed by atoms with Crippen molar-refractivity contribution in [3.05, 3.63) is 267 Å². The molecule has 0 aliphatic carbocycles. The van der Waals surface area contributed by atoms with Gasteiger partial charge in [0.15, 0.2) is 0 Å². The van der Waals surface area contributed by atoms with Crippen molar-refractivity contribution in [1.82, 2.24) is 4.40 Å². The van der Waals surface area contributed by atoms with Crippen LogP contribution in [0.1, 0.15) is 0 Å². The third-order valence-corrected chi connectivity index (χ3v) is 14.5. The van der Waals surface area contributed by atoms with E-state index in [9.17, 15) is 0 Å². The van der Waals surface area contributed by atoms with Crippen LogP contribution >= 0.6 is 0 Å². The van der Waals surface area contributed by atoms with Crippen LogP contribution in [0.25, 0.3) is 115 Å². The second-order valence-corrected chi connectivity index (χ2v) is 18.4. The number of benzene rings is 12. The van der Waals surface area contributed by atoms with E-state index in [2.05, 4.69) is 276 Å². The van der Waals surface area contributed by atoms with Crippen molar-refractivity contribution in [1.29, 1.82) is 0 Å². The minimum atomic E-state index is 1.08. The van der Waals surface area contributed by atoms with E-state index in [0.29, 0.717) is 0 Å². The number of aromatic nitrogens is 1. The Hall–Kier alpha value is -9.24. The number of pyridine rings is 1. The molecule has 2 aromatic heterocycles. The first-order valence-corrected chi connectivity index (χ1v) is 24.2. The first-order chi connectivity index (χ1) is 34.7. The summed E-state index contributed by atoms with van der Waals surface area (Å²) >= 11 is 0. The van der Waals surface area contributed by atoms with Crippen LogP contribution in [0.5, 0.6) is 0 Å². The zero-order chi connectivity index (χ0) is 46.1. The molecule has 0 aliphatic heterocycles. The highest BCUT2D eigenvalue weighted by Crippen LogP contribution is 2.47. The van der Waals surface area contributed by atoms with E-state index in [4.69, 9.17) is 0 Å². The first kappa shape index (κ1) is 39.9. The first-order valence-electron chi connectivity index (χ1n) is 24.2. The van der Waals surface area contributed by atoms with Gasteiger partial charge >= 0.3 is 0 Å². The molecule has 0 fully saturated rings. The summed E-state index contributed by atoms with van der Waals surface area (Å²) in [7, 11) is 0. The molecule has 2 heterocycles. The maximum absolute atomic E-state index is 2.45. The molecule has 0 radical (unpaired) electrons. The average molecular weight is 889 g/mol. The van der Waals surface area contributed by atoms with Crippen LogP contribution in [-0.4, -0.2) is 4.40 Å². The zero-order valence-corrected chi connectivity index (χ0v) is 38.3. The molecule has 0 atom stereocenters. The van der Waals surface area contributed by atoms with Gasteiger partial charge in [0.1, 0.15) is 0 Å². The predicted molar refractivity (Wildman–Crippen MR) is 299 cm³/mol. The highest BCUT2D eigenvalue weighted by atomic mass is 15.1. The largest absolute Gasteiger partial charge is 0.315 e. The van der Waals surface area contributed by atoms with Gasteiger partial charge < -0.3 is 9.30 Å². The Morgan fingerprint density at radius 2 is 0.686 bits per heavy atom. The minimum absolute atomic E-state index is 1.08. The van der Waals surface area contributed by atoms with Crippen molar-refractivity contribution in [3.8, 4) is 44.5 Å². The Kier molecular flexibility index (Phi) is 9.25. The fourth-order valence-corrected chi connectivity index (χ4v) is 11.3. The van der Waals surface area contributed by atoms with Crippen LogP contribution in [-0.2, 0) is 0 Å². The van der Waals surface area contributed by atoms with E-state index < -0.39 is 0 Å². The number of hydrogen-bond donors (Lipinski definition) is 0. The molecule has 12 aromatic carbocycles. The zero-order valence-electron chi connectivity index (χ0n) is 38.3. The summed E-state index contributed by atoms with van der Waals surface area (Å²) < 4.78 is 2.39. The molecule has 2 nitrogen and oxygen atoms in total. The van der Waals surface area contributed by atoms with Gasteiger partial charge in [-0.2, -0.15) is 0 Å². The van der Waals surface area contributed by atoms with Gasteiger partial charge in [-0.05, 0) is 148 Å². The summed E-state index contributed by atoms with van der Waals surface area (Å²) in [5.41, 5.74) is 15.2. The van der Waals surface area contributed by atoms with Gasteiger partial charge in [-0.25, -0.2) is 0 Å². The van der Waals surface area contributed by atoms with Crippen LogP contribution < -0.4 is 4.90 Å². The Bertz CT molecular complexity index is 4230. The average Bonchev–Trinajstić information content (AvgIpc) is 3.80. The summed E-state index contributed by atoms with van der Waals surface area (Å²) in [5, 5.41) is 13.8. The van der Waals surface area contributed by atoms with Crippen molar-refractivity contribution >= 4 is 87.3 Å². The molecule has 2 heteroatoms. The van der Waals surface area contributed by atoms with E-state index in [1.165, 1.54) is 109 Å². The van der Waals surface area contributed by atoms with Crippen LogP contribution in [0.15, 0.2) is 267 Å². The number of fused-ring (bicyclic) bond motifs is 14. The van der Waals surface area contributed by atoms with Crippen LogP contribution in [0.3, 0.4) is 0 Å². The van der Waals surface area contributed by atoms with Crippen molar-refractivity contribution in [3.63, 3.8) is 0 Å². The van der Waals surface area contributed by atoms with Crippen molar-refractivity contribution < 1.29 is 0 Å². The number of nitrogens with zero attached hydrogens (tertiary/aromatic N) is 2. The standard InChI is InChI=1S/C68H44N2/c1-4-18-45(19-5-1)50-40-51(46-20-6-2-7-21-46)42-54(41-50)70(53-36-38-60-57-26-11-10-24-55(57)56-25-12-13-28-59(56)63(60)44-53)52-34-31-47(32-35-52)49-33-37-61-58-27-14-15-29-62(58)68-67(64(61)43-49)66(48-22-8-3-9-23-48)65-30-16-17-39-69(65)68/h1-44H. The Labute approximate surface area is 406 Å². The van der Waals surface area contributed by atoms with Gasteiger partial charge in [-0.3, -0.25) is 0 Å². The number of rotatable bonds is 7. The third kappa shape index (κ3) is 6.42. The van der Waals surface area contributed by atoms with Crippen molar-refractivity contribution in [2.24, 2.45) is 0 Å². The van der Waals surface area contributed by atoms with Crippen LogP contribution in [0, 0.1) is 0 Å². The van der Waals surface area contributed by atoms with E-state index in [1.807, 2.05) is 0 Å². The predicted octanol–water partition coefficient (Wildman–Crippen LogP) is 19.0. The van der Waals surface area contributed by atoms with Gasteiger partial charge in [0, 0.05) is 39.6 Å². The highest BCUT2D eigenvalue weighted by Gasteiger charge is 2.22. The lowest BCUT2D eigenvalue weighted by atomic mass is 9.91. The number of anilines is 3. The summed E-state index contributed by atoms with van der Waals surface area (Å²) in [6.45, 7) is 0. The summed E-state index contributed by atoms with van der Waals surface area (Å²) in [6.07, 6.45) is 2.22. The fourth-order valence-electron chi connectivity index (χ4n) is 11.3. The quantitative estimate of drug-likeness (QED) is 0.145. The minimum Gasteiger partial charge on any atom is -0.315 e. The van der Waals surface area contributed by atoms with Gasteiger partial charge in [-0.1, -0.05) is 200 Å². The molecule has 0 N–H and O–H groups in total.